The molecule has 96 valence electrons. The number of hydrogen-bond acceptors (Lipinski definition) is 3. The van der Waals surface area contributed by atoms with E-state index in [4.69, 9.17) is 0 Å². The van der Waals surface area contributed by atoms with Gasteiger partial charge in [0.2, 0.25) is 5.91 Å². The van der Waals surface area contributed by atoms with Gasteiger partial charge in [0.15, 0.2) is 9.84 Å². The first kappa shape index (κ1) is 11.7. The SMILES string of the molecule is Cc1ccc(N2C(=O)CC3CS(=O)(=O)CC32)cc1. The molecule has 0 saturated carbocycles. The zero-order valence-corrected chi connectivity index (χ0v) is 11.0. The van der Waals surface area contributed by atoms with E-state index in [9.17, 15) is 13.2 Å². The van der Waals surface area contributed by atoms with Crippen LogP contribution in [0.5, 0.6) is 0 Å². The maximum absolute atomic E-state index is 12.0. The van der Waals surface area contributed by atoms with Gasteiger partial charge in [0.05, 0.1) is 17.5 Å². The van der Waals surface area contributed by atoms with Crippen molar-refractivity contribution in [2.24, 2.45) is 5.92 Å². The van der Waals surface area contributed by atoms with E-state index in [1.807, 2.05) is 31.2 Å². The molecular weight excluding hydrogens is 250 g/mol. The second-order valence-electron chi connectivity index (χ2n) is 5.21. The minimum absolute atomic E-state index is 0.0243. The van der Waals surface area contributed by atoms with Gasteiger partial charge in [-0.15, -0.1) is 0 Å². The zero-order chi connectivity index (χ0) is 12.9. The normalized spacial score (nSPS) is 29.6. The van der Waals surface area contributed by atoms with Gasteiger partial charge in [-0.3, -0.25) is 4.79 Å². The number of fused-ring (bicyclic) bond motifs is 1. The van der Waals surface area contributed by atoms with Gasteiger partial charge >= 0.3 is 0 Å². The van der Waals surface area contributed by atoms with E-state index in [1.165, 1.54) is 0 Å². The molecule has 1 amide bonds. The predicted molar refractivity (Wildman–Crippen MR) is 69.2 cm³/mol. The fourth-order valence-corrected chi connectivity index (χ4v) is 5.00. The quantitative estimate of drug-likeness (QED) is 0.765. The minimum Gasteiger partial charge on any atom is -0.308 e. The predicted octanol–water partition coefficient (Wildman–Crippen LogP) is 1.14. The number of aryl methyl sites for hydroxylation is 1. The summed E-state index contributed by atoms with van der Waals surface area (Å²) in [4.78, 5) is 13.7. The third-order valence-corrected chi connectivity index (χ3v) is 5.57. The molecule has 0 aromatic heterocycles. The van der Waals surface area contributed by atoms with Gasteiger partial charge in [-0.25, -0.2) is 8.42 Å². The number of amides is 1. The van der Waals surface area contributed by atoms with Crippen molar-refractivity contribution in [3.63, 3.8) is 0 Å². The smallest absolute Gasteiger partial charge is 0.227 e. The summed E-state index contributed by atoms with van der Waals surface area (Å²) >= 11 is 0. The van der Waals surface area contributed by atoms with E-state index < -0.39 is 9.84 Å². The van der Waals surface area contributed by atoms with Crippen LogP contribution in [0.15, 0.2) is 24.3 Å². The summed E-state index contributed by atoms with van der Waals surface area (Å²) in [5.74, 6) is 0.288. The van der Waals surface area contributed by atoms with Crippen LogP contribution in [0.3, 0.4) is 0 Å². The molecule has 2 atom stereocenters. The number of benzene rings is 1. The summed E-state index contributed by atoms with van der Waals surface area (Å²) in [6.45, 7) is 1.98. The fourth-order valence-electron chi connectivity index (χ4n) is 2.93. The monoisotopic (exact) mass is 265 g/mol. The van der Waals surface area contributed by atoms with Gasteiger partial charge < -0.3 is 4.90 Å². The van der Waals surface area contributed by atoms with E-state index in [-0.39, 0.29) is 29.4 Å². The first-order valence-corrected chi connectivity index (χ1v) is 7.87. The molecule has 2 aliphatic heterocycles. The number of carbonyl (C=O) groups excluding carboxylic acids is 1. The fraction of sp³-hybridized carbons (Fsp3) is 0.462. The van der Waals surface area contributed by atoms with Crippen LogP contribution in [0.25, 0.3) is 0 Å². The van der Waals surface area contributed by atoms with Gasteiger partial charge in [0, 0.05) is 18.0 Å². The molecule has 3 rings (SSSR count). The van der Waals surface area contributed by atoms with Crippen molar-refractivity contribution in [3.05, 3.63) is 29.8 Å². The number of sulfone groups is 1. The molecule has 0 aliphatic carbocycles. The molecule has 2 heterocycles. The maximum atomic E-state index is 12.0. The number of rotatable bonds is 1. The average molecular weight is 265 g/mol. The first-order chi connectivity index (χ1) is 8.46. The molecule has 18 heavy (non-hydrogen) atoms. The van der Waals surface area contributed by atoms with E-state index in [1.54, 1.807) is 4.90 Å². The molecule has 5 heteroatoms. The van der Waals surface area contributed by atoms with E-state index in [0.29, 0.717) is 6.42 Å². The molecule has 0 spiro atoms. The number of nitrogens with zero attached hydrogens (tertiary/aromatic N) is 1. The van der Waals surface area contributed by atoms with Crippen molar-refractivity contribution in [2.75, 3.05) is 16.4 Å². The van der Waals surface area contributed by atoms with Crippen molar-refractivity contribution in [3.8, 4) is 0 Å². The summed E-state index contributed by atoms with van der Waals surface area (Å²) in [5.41, 5.74) is 1.94. The molecule has 4 nitrogen and oxygen atoms in total. The van der Waals surface area contributed by atoms with Crippen molar-refractivity contribution in [1.82, 2.24) is 0 Å². The maximum Gasteiger partial charge on any atom is 0.227 e. The summed E-state index contributed by atoms with van der Waals surface area (Å²) in [7, 11) is -2.97. The third kappa shape index (κ3) is 1.82. The van der Waals surface area contributed by atoms with Crippen LogP contribution in [0, 0.1) is 12.8 Å². The van der Waals surface area contributed by atoms with E-state index >= 15 is 0 Å². The van der Waals surface area contributed by atoms with Crippen LogP contribution in [0.1, 0.15) is 12.0 Å². The second kappa shape index (κ2) is 3.82. The van der Waals surface area contributed by atoms with Crippen LogP contribution < -0.4 is 4.90 Å². The van der Waals surface area contributed by atoms with Gasteiger partial charge in [-0.05, 0) is 19.1 Å². The lowest BCUT2D eigenvalue weighted by Gasteiger charge is -2.23. The molecule has 2 saturated heterocycles. The number of hydrogen-bond donors (Lipinski definition) is 0. The lowest BCUT2D eigenvalue weighted by molar-refractivity contribution is -0.117. The molecule has 2 aliphatic rings. The van der Waals surface area contributed by atoms with E-state index in [0.717, 1.165) is 11.3 Å². The molecule has 2 unspecified atom stereocenters. The van der Waals surface area contributed by atoms with Crippen LogP contribution in [-0.4, -0.2) is 31.9 Å². The van der Waals surface area contributed by atoms with Crippen LogP contribution in [-0.2, 0) is 14.6 Å². The van der Waals surface area contributed by atoms with Gasteiger partial charge in [-0.1, -0.05) is 17.7 Å². The summed E-state index contributed by atoms with van der Waals surface area (Å²) in [6.07, 6.45) is 0.359. The highest BCUT2D eigenvalue weighted by molar-refractivity contribution is 7.91. The molecular formula is C13H15NO3S. The van der Waals surface area contributed by atoms with Crippen molar-refractivity contribution in [1.29, 1.82) is 0 Å². The summed E-state index contributed by atoms with van der Waals surface area (Å²) in [5, 5.41) is 0. The number of carbonyl (C=O) groups is 1. The van der Waals surface area contributed by atoms with Crippen LogP contribution >= 0.6 is 0 Å². The highest BCUT2D eigenvalue weighted by Gasteiger charge is 2.49. The Morgan fingerprint density at radius 2 is 1.83 bits per heavy atom. The first-order valence-electron chi connectivity index (χ1n) is 6.05. The molecule has 1 aromatic carbocycles. The largest absolute Gasteiger partial charge is 0.308 e. The third-order valence-electron chi connectivity index (χ3n) is 3.79. The Bertz CT molecular complexity index is 591. The lowest BCUT2D eigenvalue weighted by atomic mass is 10.0. The van der Waals surface area contributed by atoms with Crippen molar-refractivity contribution >= 4 is 21.4 Å². The summed E-state index contributed by atoms with van der Waals surface area (Å²) < 4.78 is 23.3. The van der Waals surface area contributed by atoms with Gasteiger partial charge in [0.1, 0.15) is 0 Å². The highest BCUT2D eigenvalue weighted by atomic mass is 32.2. The van der Waals surface area contributed by atoms with Gasteiger partial charge in [0.25, 0.3) is 0 Å². The number of anilines is 1. The Balaban J connectivity index is 1.96. The Morgan fingerprint density at radius 3 is 2.50 bits per heavy atom. The van der Waals surface area contributed by atoms with Crippen molar-refractivity contribution in [2.45, 2.75) is 19.4 Å². The molecule has 2 fully saturated rings. The topological polar surface area (TPSA) is 54.5 Å². The highest BCUT2D eigenvalue weighted by Crippen LogP contribution is 2.37. The molecule has 0 radical (unpaired) electrons. The lowest BCUT2D eigenvalue weighted by Crippen LogP contribution is -2.36. The van der Waals surface area contributed by atoms with Gasteiger partial charge in [-0.2, -0.15) is 0 Å². The Hall–Kier alpha value is -1.36. The average Bonchev–Trinajstić information content (AvgIpc) is 2.70. The van der Waals surface area contributed by atoms with Crippen LogP contribution in [0.4, 0.5) is 5.69 Å². The van der Waals surface area contributed by atoms with E-state index in [2.05, 4.69) is 0 Å². The Morgan fingerprint density at radius 1 is 1.17 bits per heavy atom. The Labute approximate surface area is 107 Å². The zero-order valence-electron chi connectivity index (χ0n) is 10.2. The molecule has 0 bridgehead atoms. The molecule has 0 N–H and O–H groups in total. The Kier molecular flexibility index (Phi) is 2.48. The molecule has 1 aromatic rings. The van der Waals surface area contributed by atoms with Crippen LogP contribution in [0.2, 0.25) is 0 Å². The second-order valence-corrected chi connectivity index (χ2v) is 7.36. The standard InChI is InChI=1S/C13H15NO3S/c1-9-2-4-11(5-3-9)14-12-8-18(16,17)7-10(12)6-13(14)15/h2-5,10,12H,6-8H2,1H3. The summed E-state index contributed by atoms with van der Waals surface area (Å²) in [6, 6.07) is 7.50. The van der Waals surface area contributed by atoms with Crippen molar-refractivity contribution < 1.29 is 13.2 Å². The minimum atomic E-state index is -2.97.